The molecule has 1 aliphatic carbocycles. The molecule has 3 amide bonds. The number of benzene rings is 1. The first kappa shape index (κ1) is 33.6. The van der Waals surface area contributed by atoms with Crippen molar-refractivity contribution in [2.24, 2.45) is 17.8 Å². The monoisotopic (exact) mass is 676 g/mol. The summed E-state index contributed by atoms with van der Waals surface area (Å²) in [6, 6.07) is 7.53. The zero-order valence-corrected chi connectivity index (χ0v) is 30.1. The number of piperidine rings is 2. The van der Waals surface area contributed by atoms with E-state index in [0.717, 1.165) is 74.4 Å². The summed E-state index contributed by atoms with van der Waals surface area (Å²) < 4.78 is 2.54. The molecule has 1 saturated carbocycles. The number of aromatic nitrogens is 2. The highest BCUT2D eigenvalue weighted by Crippen LogP contribution is 2.43. The number of anilines is 1. The van der Waals surface area contributed by atoms with Gasteiger partial charge in [0.1, 0.15) is 5.82 Å². The van der Waals surface area contributed by atoms with Gasteiger partial charge < -0.3 is 19.3 Å². The van der Waals surface area contributed by atoms with Gasteiger partial charge in [-0.25, -0.2) is 4.98 Å². The van der Waals surface area contributed by atoms with Gasteiger partial charge in [0.15, 0.2) is 0 Å². The fourth-order valence-electron chi connectivity index (χ4n) is 9.08. The van der Waals surface area contributed by atoms with Crippen molar-refractivity contribution in [1.82, 2.24) is 24.3 Å². The molecule has 0 radical (unpaired) electrons. The van der Waals surface area contributed by atoms with Crippen molar-refractivity contribution < 1.29 is 14.4 Å². The third-order valence-electron chi connectivity index (χ3n) is 11.9. The van der Waals surface area contributed by atoms with Crippen LogP contribution in [0.5, 0.6) is 0 Å². The molecule has 2 atom stereocenters. The van der Waals surface area contributed by atoms with Gasteiger partial charge >= 0.3 is 0 Å². The van der Waals surface area contributed by atoms with Crippen molar-refractivity contribution in [3.05, 3.63) is 46.0 Å². The van der Waals surface area contributed by atoms with Crippen LogP contribution in [-0.2, 0) is 27.3 Å². The number of carbonyl (C=O) groups excluding carboxylic acids is 3. The Kier molecular flexibility index (Phi) is 9.64. The molecule has 0 N–H and O–H groups in total. The lowest BCUT2D eigenvalue weighted by Gasteiger charge is -2.41. The number of nitrogens with zero attached hydrogens (tertiary/aromatic N) is 6. The van der Waals surface area contributed by atoms with E-state index in [2.05, 4.69) is 16.4 Å². The molecule has 0 spiro atoms. The molecule has 4 aliphatic heterocycles. The number of aryl methyl sites for hydroxylation is 2. The zero-order valence-electron chi connectivity index (χ0n) is 29.3. The first-order valence-electron chi connectivity index (χ1n) is 18.6. The van der Waals surface area contributed by atoms with Gasteiger partial charge in [-0.1, -0.05) is 31.5 Å². The second-order valence-corrected chi connectivity index (χ2v) is 15.9. The van der Waals surface area contributed by atoms with Gasteiger partial charge in [0, 0.05) is 91.4 Å². The zero-order chi connectivity index (χ0) is 33.7. The summed E-state index contributed by atoms with van der Waals surface area (Å²) >= 11 is 6.57. The van der Waals surface area contributed by atoms with Crippen molar-refractivity contribution in [2.45, 2.75) is 117 Å². The van der Waals surface area contributed by atoms with Gasteiger partial charge in [-0.15, -0.1) is 0 Å². The summed E-state index contributed by atoms with van der Waals surface area (Å²) in [5.41, 5.74) is 4.35. The molecule has 2 unspecified atom stereocenters. The lowest BCUT2D eigenvalue weighted by atomic mass is 9.94. The summed E-state index contributed by atoms with van der Waals surface area (Å²) in [6.45, 7) is 12.4. The number of rotatable bonds is 9. The Hall–Kier alpha value is -2.91. The second kappa shape index (κ2) is 13.8. The molecule has 10 heteroatoms. The molecule has 260 valence electrons. The van der Waals surface area contributed by atoms with Gasteiger partial charge in [-0.05, 0) is 89.3 Å². The minimum Gasteiger partial charge on any atom is -0.342 e. The Morgan fingerprint density at radius 3 is 2.27 bits per heavy atom. The molecule has 4 fully saturated rings. The van der Waals surface area contributed by atoms with Gasteiger partial charge in [0.25, 0.3) is 0 Å². The lowest BCUT2D eigenvalue weighted by molar-refractivity contribution is -0.137. The van der Waals surface area contributed by atoms with E-state index in [1.54, 1.807) is 0 Å². The van der Waals surface area contributed by atoms with E-state index in [4.69, 9.17) is 16.6 Å². The van der Waals surface area contributed by atoms with E-state index in [9.17, 15) is 14.4 Å². The van der Waals surface area contributed by atoms with Crippen LogP contribution in [0.1, 0.15) is 100 Å². The smallest absolute Gasteiger partial charge is 0.230 e. The molecule has 2 bridgehead atoms. The van der Waals surface area contributed by atoms with Gasteiger partial charge in [-0.3, -0.25) is 19.3 Å². The fourth-order valence-corrected chi connectivity index (χ4v) is 9.26. The Morgan fingerprint density at radius 2 is 1.62 bits per heavy atom. The van der Waals surface area contributed by atoms with Gasteiger partial charge in [0.05, 0.1) is 12.2 Å². The van der Waals surface area contributed by atoms with Crippen molar-refractivity contribution >= 4 is 35.0 Å². The van der Waals surface area contributed by atoms with E-state index >= 15 is 0 Å². The standard InChI is InChI=1S/C38H53ClN6O3/c1-24(2)36(46)41-17-12-28(13-18-41)38(48)44(31-9-6-25(3)33(39)22-31)16-5-15-43-29-10-11-30(43)21-32(20-29)45-26(4)40-34-23-42(19-14-35(34)45)37(47)27-7-8-27/h6,9,22,24,27-30,32H,5,7-8,10-21,23H2,1-4H3. The first-order chi connectivity index (χ1) is 23.1. The summed E-state index contributed by atoms with van der Waals surface area (Å²) in [4.78, 5) is 53.1. The number of halogens is 1. The van der Waals surface area contributed by atoms with Crippen LogP contribution in [0.15, 0.2) is 18.2 Å². The number of hydrogen-bond acceptors (Lipinski definition) is 5. The quantitative estimate of drug-likeness (QED) is 0.329. The molecular formula is C38H53ClN6O3. The third kappa shape index (κ3) is 6.66. The van der Waals surface area contributed by atoms with E-state index < -0.39 is 0 Å². The highest BCUT2D eigenvalue weighted by Gasteiger charge is 2.43. The van der Waals surface area contributed by atoms with Crippen LogP contribution in [0.3, 0.4) is 0 Å². The molecule has 3 saturated heterocycles. The molecule has 5 aliphatic rings. The summed E-state index contributed by atoms with van der Waals surface area (Å²) in [7, 11) is 0. The van der Waals surface area contributed by atoms with Crippen LogP contribution in [0.4, 0.5) is 5.69 Å². The molecule has 1 aromatic carbocycles. The number of amides is 3. The van der Waals surface area contributed by atoms with Crippen molar-refractivity contribution in [3.63, 3.8) is 0 Å². The second-order valence-electron chi connectivity index (χ2n) is 15.5. The topological polar surface area (TPSA) is 82.0 Å². The Balaban J connectivity index is 0.988. The molecule has 2 aromatic rings. The molecule has 1 aromatic heterocycles. The van der Waals surface area contributed by atoms with Crippen molar-refractivity contribution in [3.8, 4) is 0 Å². The molecule has 9 nitrogen and oxygen atoms in total. The summed E-state index contributed by atoms with van der Waals surface area (Å²) in [6.07, 6.45) is 10.0. The highest BCUT2D eigenvalue weighted by molar-refractivity contribution is 6.31. The van der Waals surface area contributed by atoms with Crippen LogP contribution < -0.4 is 4.90 Å². The van der Waals surface area contributed by atoms with Crippen molar-refractivity contribution in [1.29, 1.82) is 0 Å². The molecule has 48 heavy (non-hydrogen) atoms. The van der Waals surface area contributed by atoms with E-state index in [1.165, 1.54) is 18.5 Å². The number of fused-ring (bicyclic) bond motifs is 3. The predicted molar refractivity (Wildman–Crippen MR) is 188 cm³/mol. The van der Waals surface area contributed by atoms with Crippen LogP contribution in [0.25, 0.3) is 0 Å². The maximum atomic E-state index is 14.1. The Bertz CT molecular complexity index is 1530. The van der Waals surface area contributed by atoms with Crippen LogP contribution in [0.2, 0.25) is 5.02 Å². The normalized spacial score (nSPS) is 24.7. The molecular weight excluding hydrogens is 624 g/mol. The number of hydrogen-bond donors (Lipinski definition) is 0. The number of likely N-dealkylation sites (tertiary alicyclic amines) is 1. The van der Waals surface area contributed by atoms with Crippen LogP contribution in [0, 0.1) is 31.6 Å². The van der Waals surface area contributed by atoms with Gasteiger partial charge in [0.2, 0.25) is 17.7 Å². The minimum absolute atomic E-state index is 0.0207. The minimum atomic E-state index is -0.0866. The summed E-state index contributed by atoms with van der Waals surface area (Å²) in [5.74, 6) is 1.92. The van der Waals surface area contributed by atoms with E-state index in [0.29, 0.717) is 68.1 Å². The predicted octanol–water partition coefficient (Wildman–Crippen LogP) is 5.93. The number of carbonyl (C=O) groups is 3. The highest BCUT2D eigenvalue weighted by atomic mass is 35.5. The Labute approximate surface area is 291 Å². The van der Waals surface area contributed by atoms with Gasteiger partial charge in [-0.2, -0.15) is 0 Å². The fraction of sp³-hybridized carbons (Fsp3) is 0.684. The summed E-state index contributed by atoms with van der Waals surface area (Å²) in [5, 5.41) is 0.682. The SMILES string of the molecule is Cc1ccc(N(CCCN2C3CCC2CC(n2c(C)nc4c2CCN(C(=O)C2CC2)C4)C3)C(=O)C2CCN(C(=O)C(C)C)CC2)cc1Cl. The first-order valence-corrected chi connectivity index (χ1v) is 18.9. The lowest BCUT2D eigenvalue weighted by Crippen LogP contribution is -2.47. The van der Waals surface area contributed by atoms with E-state index in [-0.39, 0.29) is 29.6 Å². The molecule has 5 heterocycles. The average molecular weight is 677 g/mol. The van der Waals surface area contributed by atoms with Crippen LogP contribution >= 0.6 is 11.6 Å². The third-order valence-corrected chi connectivity index (χ3v) is 12.3. The maximum Gasteiger partial charge on any atom is 0.230 e. The van der Waals surface area contributed by atoms with E-state index in [1.807, 2.05) is 53.7 Å². The average Bonchev–Trinajstić information content (AvgIpc) is 3.83. The van der Waals surface area contributed by atoms with Crippen molar-refractivity contribution in [2.75, 3.05) is 37.6 Å². The number of imidazole rings is 1. The largest absolute Gasteiger partial charge is 0.342 e. The molecule has 7 rings (SSSR count). The Morgan fingerprint density at radius 1 is 0.917 bits per heavy atom. The van der Waals surface area contributed by atoms with Crippen LogP contribution in [-0.4, -0.2) is 86.8 Å². The maximum absolute atomic E-state index is 14.1.